The average molecular weight is 560 g/mol. The first kappa shape index (κ1) is 26.2. The molecule has 3 amide bonds. The maximum absolute atomic E-state index is 13.4. The van der Waals surface area contributed by atoms with E-state index in [-0.39, 0.29) is 24.5 Å². The minimum atomic E-state index is -0.352. The smallest absolute Gasteiger partial charge is 0.313 e. The van der Waals surface area contributed by atoms with Gasteiger partial charge in [-0.25, -0.2) is 9.48 Å². The number of nitrogens with one attached hydrogen (secondary N) is 2. The van der Waals surface area contributed by atoms with E-state index in [1.54, 1.807) is 10.7 Å². The predicted octanol–water partition coefficient (Wildman–Crippen LogP) is 6.80. The van der Waals surface area contributed by atoms with Gasteiger partial charge in [0.05, 0.1) is 11.4 Å². The predicted molar refractivity (Wildman–Crippen MR) is 152 cm³/mol. The van der Waals surface area contributed by atoms with Gasteiger partial charge in [-0.15, -0.1) is 0 Å². The number of carbonyl (C=O) groups is 2. The molecule has 0 aliphatic carbocycles. The Morgan fingerprint density at radius 1 is 0.946 bits per heavy atom. The van der Waals surface area contributed by atoms with Crippen LogP contribution in [0.3, 0.4) is 0 Å². The molecule has 3 aromatic carbocycles. The number of aromatic nitrogens is 2. The molecule has 7 nitrogen and oxygen atoms in total. The minimum absolute atomic E-state index is 0.121. The van der Waals surface area contributed by atoms with Crippen molar-refractivity contribution in [2.24, 2.45) is 0 Å². The first-order valence-corrected chi connectivity index (χ1v) is 12.9. The summed E-state index contributed by atoms with van der Waals surface area (Å²) >= 11 is 3.42. The van der Waals surface area contributed by atoms with E-state index in [0.29, 0.717) is 11.5 Å². The van der Waals surface area contributed by atoms with E-state index in [4.69, 9.17) is 5.10 Å². The molecular weight excluding hydrogens is 530 g/mol. The molecule has 4 aromatic rings. The van der Waals surface area contributed by atoms with E-state index in [2.05, 4.69) is 26.6 Å². The molecule has 8 heteroatoms. The highest BCUT2D eigenvalue weighted by molar-refractivity contribution is 9.10. The second kappa shape index (κ2) is 11.4. The second-order valence-corrected chi connectivity index (χ2v) is 10.0. The van der Waals surface area contributed by atoms with Gasteiger partial charge in [0, 0.05) is 21.8 Å². The molecule has 0 bridgehead atoms. The Kier molecular flexibility index (Phi) is 8.08. The van der Waals surface area contributed by atoms with Crippen LogP contribution in [0.1, 0.15) is 25.1 Å². The Balaban J connectivity index is 1.63. The summed E-state index contributed by atoms with van der Waals surface area (Å²) in [4.78, 5) is 28.0. The van der Waals surface area contributed by atoms with Crippen LogP contribution in [0.4, 0.5) is 16.3 Å². The molecule has 1 heterocycles. The van der Waals surface area contributed by atoms with Crippen LogP contribution >= 0.6 is 15.9 Å². The van der Waals surface area contributed by atoms with Crippen molar-refractivity contribution < 1.29 is 9.59 Å². The van der Waals surface area contributed by atoms with Gasteiger partial charge in [-0.2, -0.15) is 5.10 Å². The fourth-order valence-corrected chi connectivity index (χ4v) is 4.44. The summed E-state index contributed by atoms with van der Waals surface area (Å²) in [6.45, 7) is 7.59. The van der Waals surface area contributed by atoms with Gasteiger partial charge < -0.3 is 15.5 Å². The van der Waals surface area contributed by atoms with Gasteiger partial charge >= 0.3 is 6.03 Å². The highest BCUT2D eigenvalue weighted by Gasteiger charge is 2.24. The van der Waals surface area contributed by atoms with Crippen LogP contribution in [-0.2, 0) is 4.79 Å². The Hall–Kier alpha value is -3.91. The van der Waals surface area contributed by atoms with Crippen LogP contribution in [0.2, 0.25) is 0 Å². The number of urea groups is 1. The Morgan fingerprint density at radius 3 is 2.30 bits per heavy atom. The van der Waals surface area contributed by atoms with Crippen molar-refractivity contribution in [1.29, 1.82) is 0 Å². The fourth-order valence-electron chi connectivity index (χ4n) is 4.04. The maximum Gasteiger partial charge on any atom is 0.322 e. The van der Waals surface area contributed by atoms with Gasteiger partial charge in [0.2, 0.25) is 5.91 Å². The lowest BCUT2D eigenvalue weighted by Crippen LogP contribution is -2.44. The second-order valence-electron chi connectivity index (χ2n) is 9.13. The number of amides is 3. The largest absolute Gasteiger partial charge is 0.322 e. The number of aryl methyl sites for hydroxylation is 2. The monoisotopic (exact) mass is 559 g/mol. The third kappa shape index (κ3) is 6.27. The van der Waals surface area contributed by atoms with Crippen molar-refractivity contribution >= 4 is 39.4 Å². The maximum atomic E-state index is 13.4. The molecule has 0 spiro atoms. The molecule has 0 aliphatic rings. The normalized spacial score (nSPS) is 10.9. The van der Waals surface area contributed by atoms with Crippen molar-refractivity contribution in [2.75, 3.05) is 17.2 Å². The number of rotatable bonds is 7. The highest BCUT2D eigenvalue weighted by atomic mass is 79.9. The van der Waals surface area contributed by atoms with Crippen LogP contribution in [0.25, 0.3) is 16.8 Å². The minimum Gasteiger partial charge on any atom is -0.313 e. The lowest BCUT2D eigenvalue weighted by molar-refractivity contribution is -0.117. The number of hydrogen-bond donors (Lipinski definition) is 2. The van der Waals surface area contributed by atoms with Gasteiger partial charge in [-0.05, 0) is 63.6 Å². The summed E-state index contributed by atoms with van der Waals surface area (Å²) in [5.74, 6) is 0.247. The summed E-state index contributed by atoms with van der Waals surface area (Å²) in [5.41, 5.74) is 5.18. The molecule has 0 atom stereocenters. The summed E-state index contributed by atoms with van der Waals surface area (Å²) in [5, 5.41) is 10.7. The fraction of sp³-hybridized carbons (Fsp3) is 0.207. The molecule has 0 unspecified atom stereocenters. The molecule has 0 aliphatic heterocycles. The number of hydrogen-bond acceptors (Lipinski definition) is 3. The van der Waals surface area contributed by atoms with E-state index in [0.717, 1.165) is 32.5 Å². The standard InChI is InChI=1S/C29H30BrN5O2/c1-19(2)34(29(37)31-24-12-8-11-23(30)17-24)18-26(36)32-28-27(22-9-6-5-7-10-22)21(4)33-35(28)25-15-13-20(3)14-16-25/h5-17,19H,18H2,1-4H3,(H,31,37)(H,32,36). The van der Waals surface area contributed by atoms with Crippen LogP contribution in [0.5, 0.6) is 0 Å². The van der Waals surface area contributed by atoms with Crippen molar-refractivity contribution in [3.63, 3.8) is 0 Å². The molecule has 0 saturated heterocycles. The van der Waals surface area contributed by atoms with Crippen LogP contribution in [-0.4, -0.2) is 39.2 Å². The number of carbonyl (C=O) groups excluding carboxylic acids is 2. The zero-order valence-corrected chi connectivity index (χ0v) is 22.9. The molecule has 37 heavy (non-hydrogen) atoms. The zero-order chi connectivity index (χ0) is 26.5. The van der Waals surface area contributed by atoms with Crippen molar-refractivity contribution in [2.45, 2.75) is 33.7 Å². The molecule has 0 saturated carbocycles. The molecule has 0 fully saturated rings. The van der Waals surface area contributed by atoms with Crippen molar-refractivity contribution in [3.8, 4) is 16.8 Å². The lowest BCUT2D eigenvalue weighted by Gasteiger charge is -2.26. The van der Waals surface area contributed by atoms with E-state index in [1.165, 1.54) is 4.90 Å². The number of halogens is 1. The topological polar surface area (TPSA) is 79.3 Å². The summed E-state index contributed by atoms with van der Waals surface area (Å²) < 4.78 is 2.60. The lowest BCUT2D eigenvalue weighted by atomic mass is 10.1. The van der Waals surface area contributed by atoms with E-state index >= 15 is 0 Å². The van der Waals surface area contributed by atoms with Gasteiger partial charge in [0.25, 0.3) is 0 Å². The Morgan fingerprint density at radius 2 is 1.65 bits per heavy atom. The Bertz CT molecular complexity index is 1400. The first-order chi connectivity index (χ1) is 17.7. The molecule has 4 rings (SSSR count). The molecule has 0 radical (unpaired) electrons. The third-order valence-corrected chi connectivity index (χ3v) is 6.43. The summed E-state index contributed by atoms with van der Waals surface area (Å²) in [6.07, 6.45) is 0. The molecule has 2 N–H and O–H groups in total. The molecular formula is C29H30BrN5O2. The summed E-state index contributed by atoms with van der Waals surface area (Å²) in [7, 11) is 0. The quantitative estimate of drug-likeness (QED) is 0.261. The van der Waals surface area contributed by atoms with E-state index in [1.807, 2.05) is 100 Å². The van der Waals surface area contributed by atoms with Crippen molar-refractivity contribution in [3.05, 3.63) is 94.6 Å². The van der Waals surface area contributed by atoms with E-state index < -0.39 is 0 Å². The number of nitrogens with zero attached hydrogens (tertiary/aromatic N) is 3. The third-order valence-electron chi connectivity index (χ3n) is 5.93. The molecule has 1 aromatic heterocycles. The average Bonchev–Trinajstić information content (AvgIpc) is 3.18. The summed E-state index contributed by atoms with van der Waals surface area (Å²) in [6, 6.07) is 24.6. The van der Waals surface area contributed by atoms with Gasteiger partial charge in [-0.3, -0.25) is 4.79 Å². The van der Waals surface area contributed by atoms with Gasteiger partial charge in [-0.1, -0.05) is 70.0 Å². The number of anilines is 2. The van der Waals surface area contributed by atoms with Crippen LogP contribution in [0, 0.1) is 13.8 Å². The Labute approximate surface area is 225 Å². The zero-order valence-electron chi connectivity index (χ0n) is 21.3. The molecule has 190 valence electrons. The van der Waals surface area contributed by atoms with Gasteiger partial charge in [0.15, 0.2) is 0 Å². The number of benzene rings is 3. The highest BCUT2D eigenvalue weighted by Crippen LogP contribution is 2.33. The van der Waals surface area contributed by atoms with Gasteiger partial charge in [0.1, 0.15) is 12.4 Å². The van der Waals surface area contributed by atoms with E-state index in [9.17, 15) is 9.59 Å². The van der Waals surface area contributed by atoms with Crippen molar-refractivity contribution in [1.82, 2.24) is 14.7 Å². The SMILES string of the molecule is Cc1ccc(-n2nc(C)c(-c3ccccc3)c2NC(=O)CN(C(=O)Nc2cccc(Br)c2)C(C)C)cc1. The first-order valence-electron chi connectivity index (χ1n) is 12.1. The van der Waals surface area contributed by atoms with Crippen LogP contribution < -0.4 is 10.6 Å². The van der Waals surface area contributed by atoms with Crippen LogP contribution in [0.15, 0.2) is 83.3 Å².